The molecular weight excluding hydrogens is 277 g/mol. The number of piperidine rings is 1. The summed E-state index contributed by atoms with van der Waals surface area (Å²) in [6.07, 6.45) is -0.909. The van der Waals surface area contributed by atoms with Gasteiger partial charge < -0.3 is 10.2 Å². The van der Waals surface area contributed by atoms with Crippen molar-refractivity contribution in [1.29, 1.82) is 0 Å². The lowest BCUT2D eigenvalue weighted by Crippen LogP contribution is -2.38. The SMILES string of the molecule is CCCN(CC1CCCNC1)c1ccc(C(F)(F)F)cc1. The van der Waals surface area contributed by atoms with Gasteiger partial charge in [-0.25, -0.2) is 0 Å². The largest absolute Gasteiger partial charge is 0.416 e. The summed E-state index contributed by atoms with van der Waals surface area (Å²) in [5.74, 6) is 0.576. The van der Waals surface area contributed by atoms with Gasteiger partial charge in [0.15, 0.2) is 0 Å². The van der Waals surface area contributed by atoms with Crippen LogP contribution >= 0.6 is 0 Å². The van der Waals surface area contributed by atoms with E-state index in [0.717, 1.165) is 38.3 Å². The van der Waals surface area contributed by atoms with Crippen molar-refractivity contribution < 1.29 is 13.2 Å². The molecule has 1 atom stereocenters. The van der Waals surface area contributed by atoms with Crippen LogP contribution in [0.1, 0.15) is 31.7 Å². The van der Waals surface area contributed by atoms with E-state index < -0.39 is 11.7 Å². The maximum Gasteiger partial charge on any atom is 0.416 e. The van der Waals surface area contributed by atoms with Crippen molar-refractivity contribution in [2.24, 2.45) is 5.92 Å². The van der Waals surface area contributed by atoms with Crippen molar-refractivity contribution in [2.75, 3.05) is 31.1 Å². The van der Waals surface area contributed by atoms with Crippen LogP contribution in [0.25, 0.3) is 0 Å². The molecule has 0 bridgehead atoms. The minimum Gasteiger partial charge on any atom is -0.371 e. The highest BCUT2D eigenvalue weighted by Gasteiger charge is 2.30. The van der Waals surface area contributed by atoms with Gasteiger partial charge in [0.1, 0.15) is 0 Å². The summed E-state index contributed by atoms with van der Waals surface area (Å²) in [5.41, 5.74) is 0.303. The first-order chi connectivity index (χ1) is 10.0. The van der Waals surface area contributed by atoms with Crippen molar-refractivity contribution in [3.05, 3.63) is 29.8 Å². The molecule has 0 aliphatic carbocycles. The Labute approximate surface area is 124 Å². The van der Waals surface area contributed by atoms with Gasteiger partial charge in [0, 0.05) is 18.8 Å². The second-order valence-electron chi connectivity index (χ2n) is 5.70. The molecule has 1 aliphatic rings. The zero-order valence-corrected chi connectivity index (χ0v) is 12.4. The molecule has 1 fully saturated rings. The van der Waals surface area contributed by atoms with Crippen LogP contribution < -0.4 is 10.2 Å². The van der Waals surface area contributed by atoms with E-state index in [9.17, 15) is 13.2 Å². The fraction of sp³-hybridized carbons (Fsp3) is 0.625. The van der Waals surface area contributed by atoms with Crippen LogP contribution in [-0.2, 0) is 6.18 Å². The zero-order valence-electron chi connectivity index (χ0n) is 12.4. The van der Waals surface area contributed by atoms with Crippen LogP contribution in [0.5, 0.6) is 0 Å². The third-order valence-electron chi connectivity index (χ3n) is 3.93. The molecule has 2 nitrogen and oxygen atoms in total. The molecule has 1 aliphatic heterocycles. The molecule has 5 heteroatoms. The minimum absolute atomic E-state index is 0.576. The molecular formula is C16H23F3N2. The molecule has 0 spiro atoms. The Balaban J connectivity index is 2.06. The molecule has 21 heavy (non-hydrogen) atoms. The zero-order chi connectivity index (χ0) is 15.3. The molecule has 0 aromatic heterocycles. The standard InChI is InChI=1S/C16H23F3N2/c1-2-10-21(12-13-4-3-9-20-11-13)15-7-5-14(6-8-15)16(17,18)19/h5-8,13,20H,2-4,9-12H2,1H3. The van der Waals surface area contributed by atoms with E-state index >= 15 is 0 Å². The Morgan fingerprint density at radius 3 is 2.48 bits per heavy atom. The first kappa shape index (κ1) is 16.1. The number of hydrogen-bond acceptors (Lipinski definition) is 2. The average molecular weight is 300 g/mol. The smallest absolute Gasteiger partial charge is 0.371 e. The van der Waals surface area contributed by atoms with Gasteiger partial charge in [-0.1, -0.05) is 6.92 Å². The van der Waals surface area contributed by atoms with E-state index in [1.807, 2.05) is 0 Å². The average Bonchev–Trinajstić information content (AvgIpc) is 2.47. The topological polar surface area (TPSA) is 15.3 Å². The summed E-state index contributed by atoms with van der Waals surface area (Å²) in [7, 11) is 0. The van der Waals surface area contributed by atoms with Crippen molar-refractivity contribution in [3.8, 4) is 0 Å². The van der Waals surface area contributed by atoms with Crippen molar-refractivity contribution in [2.45, 2.75) is 32.4 Å². The van der Waals surface area contributed by atoms with Crippen molar-refractivity contribution in [1.82, 2.24) is 5.32 Å². The van der Waals surface area contributed by atoms with E-state index in [-0.39, 0.29) is 0 Å². The maximum absolute atomic E-state index is 12.6. The molecule has 1 unspecified atom stereocenters. The number of halogens is 3. The van der Waals surface area contributed by atoms with E-state index in [1.165, 1.54) is 25.0 Å². The number of nitrogens with one attached hydrogen (secondary N) is 1. The highest BCUT2D eigenvalue weighted by molar-refractivity contribution is 5.48. The second-order valence-corrected chi connectivity index (χ2v) is 5.70. The quantitative estimate of drug-likeness (QED) is 0.886. The van der Waals surface area contributed by atoms with Gasteiger partial charge in [-0.15, -0.1) is 0 Å². The molecule has 1 aromatic carbocycles. The number of anilines is 1. The predicted molar refractivity (Wildman–Crippen MR) is 79.5 cm³/mol. The Morgan fingerprint density at radius 1 is 1.24 bits per heavy atom. The van der Waals surface area contributed by atoms with Gasteiger partial charge in [-0.2, -0.15) is 13.2 Å². The summed E-state index contributed by atoms with van der Waals surface area (Å²) in [4.78, 5) is 2.21. The maximum atomic E-state index is 12.6. The molecule has 1 aromatic rings. The third-order valence-corrected chi connectivity index (χ3v) is 3.93. The van der Waals surface area contributed by atoms with Crippen molar-refractivity contribution >= 4 is 5.69 Å². The predicted octanol–water partition coefficient (Wildman–Crippen LogP) is 3.92. The molecule has 0 saturated carbocycles. The van der Waals surface area contributed by atoms with E-state index in [0.29, 0.717) is 5.92 Å². The minimum atomic E-state index is -4.26. The Bertz CT molecular complexity index is 422. The van der Waals surface area contributed by atoms with Crippen LogP contribution in [0.15, 0.2) is 24.3 Å². The van der Waals surface area contributed by atoms with Gasteiger partial charge in [0.25, 0.3) is 0 Å². The van der Waals surface area contributed by atoms with Crippen molar-refractivity contribution in [3.63, 3.8) is 0 Å². The molecule has 1 N–H and O–H groups in total. The number of nitrogens with zero attached hydrogens (tertiary/aromatic N) is 1. The van der Waals surface area contributed by atoms with Crippen LogP contribution in [0.2, 0.25) is 0 Å². The summed E-state index contributed by atoms with van der Waals surface area (Å²) in [6.45, 7) is 5.95. The number of rotatable bonds is 5. The highest BCUT2D eigenvalue weighted by Crippen LogP contribution is 2.30. The van der Waals surface area contributed by atoms with Gasteiger partial charge in [0.05, 0.1) is 5.56 Å². The fourth-order valence-corrected chi connectivity index (χ4v) is 2.85. The lowest BCUT2D eigenvalue weighted by molar-refractivity contribution is -0.137. The Morgan fingerprint density at radius 2 is 1.95 bits per heavy atom. The van der Waals surface area contributed by atoms with Gasteiger partial charge >= 0.3 is 6.18 Å². The fourth-order valence-electron chi connectivity index (χ4n) is 2.85. The van der Waals surface area contributed by atoms with E-state index in [1.54, 1.807) is 12.1 Å². The van der Waals surface area contributed by atoms with Gasteiger partial charge in [-0.3, -0.25) is 0 Å². The number of alkyl halides is 3. The molecule has 2 rings (SSSR count). The van der Waals surface area contributed by atoms with Crippen LogP contribution in [0, 0.1) is 5.92 Å². The molecule has 118 valence electrons. The number of benzene rings is 1. The van der Waals surface area contributed by atoms with Gasteiger partial charge in [-0.05, 0) is 62.5 Å². The lowest BCUT2D eigenvalue weighted by atomic mass is 9.98. The van der Waals surface area contributed by atoms with Gasteiger partial charge in [0.2, 0.25) is 0 Å². The first-order valence-electron chi connectivity index (χ1n) is 7.63. The number of hydrogen-bond donors (Lipinski definition) is 1. The molecule has 1 heterocycles. The molecule has 0 radical (unpaired) electrons. The van der Waals surface area contributed by atoms with Crippen LogP contribution in [-0.4, -0.2) is 26.2 Å². The summed E-state index contributed by atoms with van der Waals surface area (Å²) in [6, 6.07) is 5.54. The second kappa shape index (κ2) is 7.16. The third kappa shape index (κ3) is 4.63. The Hall–Kier alpha value is -1.23. The molecule has 0 amide bonds. The van der Waals surface area contributed by atoms with E-state index in [4.69, 9.17) is 0 Å². The normalized spacial score (nSPS) is 19.5. The van der Waals surface area contributed by atoms with Crippen LogP contribution in [0.3, 0.4) is 0 Å². The monoisotopic (exact) mass is 300 g/mol. The molecule has 1 saturated heterocycles. The first-order valence-corrected chi connectivity index (χ1v) is 7.63. The highest BCUT2D eigenvalue weighted by atomic mass is 19.4. The lowest BCUT2D eigenvalue weighted by Gasteiger charge is -2.31. The van der Waals surface area contributed by atoms with E-state index in [2.05, 4.69) is 17.1 Å². The Kier molecular flexibility index (Phi) is 5.51. The van der Waals surface area contributed by atoms with Crippen LogP contribution in [0.4, 0.5) is 18.9 Å². The summed E-state index contributed by atoms with van der Waals surface area (Å²) >= 11 is 0. The summed E-state index contributed by atoms with van der Waals surface area (Å²) in [5, 5.41) is 3.39. The summed E-state index contributed by atoms with van der Waals surface area (Å²) < 4.78 is 37.9.